The number of methoxy groups -OCH3 is 5. The fraction of sp³-hybridized carbons (Fsp3) is 0.976. The molecule has 3 aliphatic heterocycles. The summed E-state index contributed by atoms with van der Waals surface area (Å²) in [6.07, 6.45) is -4.24. The van der Waals surface area contributed by atoms with Crippen LogP contribution in [0.1, 0.15) is 94.9 Å². The minimum Gasteiger partial charge on any atom is -0.459 e. The smallest absolute Gasteiger partial charge is 0.311 e. The van der Waals surface area contributed by atoms with Gasteiger partial charge < -0.3 is 62.3 Å². The number of rotatable bonds is 11. The second-order valence-corrected chi connectivity index (χ2v) is 17.9. The topological polar surface area (TPSA) is 136 Å². The zero-order valence-corrected chi connectivity index (χ0v) is 38.0. The van der Waals surface area contributed by atoms with E-state index in [4.69, 9.17) is 47.4 Å². The second-order valence-electron chi connectivity index (χ2n) is 17.9. The van der Waals surface area contributed by atoms with E-state index in [2.05, 4.69) is 25.8 Å². The van der Waals surface area contributed by atoms with Gasteiger partial charge in [-0.3, -0.25) is 4.79 Å². The Morgan fingerprint density at radius 2 is 1.43 bits per heavy atom. The molecule has 330 valence electrons. The molecule has 0 aromatic heterocycles. The molecule has 3 fully saturated rings. The first kappa shape index (κ1) is 49.4. The van der Waals surface area contributed by atoms with E-state index in [-0.39, 0.29) is 36.3 Å². The number of aliphatic hydroxyl groups is 1. The van der Waals surface area contributed by atoms with Crippen molar-refractivity contribution in [3.63, 3.8) is 0 Å². The lowest BCUT2D eigenvalue weighted by atomic mass is 9.78. The summed E-state index contributed by atoms with van der Waals surface area (Å²) in [7, 11) is 14.3. The molecule has 0 bridgehead atoms. The summed E-state index contributed by atoms with van der Waals surface area (Å²) in [5.74, 6) is -1.84. The minimum absolute atomic E-state index is 0.00431. The standard InChI is InChI=1S/C42H80N2O12/c1-19-31-42(10,51-18)35(47-14)24(2)23-44(13)25(3)21-40(8,49-16)36(56-39-33(45)30(43(11)12)20-26(4)52-39)27(5)34(28(6)38(46)54-31)55-32-22-41(9,50-17)37(48-15)29(7)53-32/h24-37,39,45H,19-23H2,1-18H3/t24-,25+,26+,27-,28+,29+,30+,31+,32-,33+,34-,35+,36+,37-,39-,40+,41+,42+/m0/s1. The predicted molar refractivity (Wildman–Crippen MR) is 213 cm³/mol. The first-order chi connectivity index (χ1) is 26.1. The van der Waals surface area contributed by atoms with Crippen molar-refractivity contribution in [3.8, 4) is 0 Å². The second kappa shape index (κ2) is 20.5. The number of aliphatic hydroxyl groups excluding tert-OH is 1. The molecule has 0 unspecified atom stereocenters. The maximum Gasteiger partial charge on any atom is 0.311 e. The summed E-state index contributed by atoms with van der Waals surface area (Å²) in [5.41, 5.74) is -2.67. The zero-order valence-electron chi connectivity index (χ0n) is 38.0. The Morgan fingerprint density at radius 1 is 0.839 bits per heavy atom. The molecule has 14 nitrogen and oxygen atoms in total. The molecule has 0 aromatic carbocycles. The van der Waals surface area contributed by atoms with Gasteiger partial charge in [-0.15, -0.1) is 0 Å². The monoisotopic (exact) mass is 805 g/mol. The Kier molecular flexibility index (Phi) is 18.1. The number of cyclic esters (lactones) is 1. The molecule has 0 amide bonds. The molecule has 0 aliphatic carbocycles. The molecule has 3 heterocycles. The van der Waals surface area contributed by atoms with Gasteiger partial charge in [0.05, 0.1) is 47.6 Å². The summed E-state index contributed by atoms with van der Waals surface area (Å²) in [6, 6.07) is -0.203. The summed E-state index contributed by atoms with van der Waals surface area (Å²) in [4.78, 5) is 19.0. The number of hydrogen-bond acceptors (Lipinski definition) is 14. The molecular weight excluding hydrogens is 724 g/mol. The van der Waals surface area contributed by atoms with Gasteiger partial charge >= 0.3 is 5.97 Å². The predicted octanol–water partition coefficient (Wildman–Crippen LogP) is 4.52. The highest BCUT2D eigenvalue weighted by Crippen LogP contribution is 2.42. The lowest BCUT2D eigenvalue weighted by Gasteiger charge is -2.50. The van der Waals surface area contributed by atoms with Crippen molar-refractivity contribution in [2.45, 2.75) is 185 Å². The lowest BCUT2D eigenvalue weighted by Crippen LogP contribution is -2.61. The molecule has 0 spiro atoms. The van der Waals surface area contributed by atoms with E-state index in [9.17, 15) is 9.90 Å². The maximum atomic E-state index is 14.7. The number of ether oxygens (including phenoxy) is 10. The molecule has 56 heavy (non-hydrogen) atoms. The van der Waals surface area contributed by atoms with Crippen LogP contribution in [0.4, 0.5) is 0 Å². The Balaban J connectivity index is 2.26. The van der Waals surface area contributed by atoms with Crippen molar-refractivity contribution >= 4 is 5.97 Å². The normalized spacial score (nSPS) is 46.9. The molecule has 3 aliphatic rings. The Bertz CT molecular complexity index is 1220. The maximum absolute atomic E-state index is 14.7. The summed E-state index contributed by atoms with van der Waals surface area (Å²) >= 11 is 0. The van der Waals surface area contributed by atoms with Gasteiger partial charge in [-0.2, -0.15) is 0 Å². The highest BCUT2D eigenvalue weighted by Gasteiger charge is 2.54. The third-order valence-corrected chi connectivity index (χ3v) is 13.6. The van der Waals surface area contributed by atoms with E-state index in [1.165, 1.54) is 0 Å². The molecular formula is C42H80N2O12. The molecule has 14 heteroatoms. The summed E-state index contributed by atoms with van der Waals surface area (Å²) < 4.78 is 64.2. The Hall–Kier alpha value is -1.01. The molecule has 1 N–H and O–H groups in total. The van der Waals surface area contributed by atoms with Gasteiger partial charge in [0.1, 0.15) is 23.9 Å². The zero-order chi connectivity index (χ0) is 42.5. The third kappa shape index (κ3) is 10.6. The van der Waals surface area contributed by atoms with E-state index in [0.717, 1.165) is 0 Å². The van der Waals surface area contributed by atoms with Crippen LogP contribution in [0.2, 0.25) is 0 Å². The van der Waals surface area contributed by atoms with Gasteiger partial charge in [0.25, 0.3) is 0 Å². The van der Waals surface area contributed by atoms with E-state index < -0.39 is 77.7 Å². The number of carbonyl (C=O) groups excluding carboxylic acids is 1. The van der Waals surface area contributed by atoms with Gasteiger partial charge in [0, 0.05) is 66.5 Å². The van der Waals surface area contributed by atoms with Crippen LogP contribution in [0.25, 0.3) is 0 Å². The Labute approximate surface area is 338 Å². The number of nitrogens with zero attached hydrogens (tertiary/aromatic N) is 2. The number of likely N-dealkylation sites (N-methyl/N-ethyl adjacent to an activating group) is 1. The van der Waals surface area contributed by atoms with Crippen molar-refractivity contribution in [2.75, 3.05) is 63.2 Å². The van der Waals surface area contributed by atoms with Crippen LogP contribution in [0.3, 0.4) is 0 Å². The highest BCUT2D eigenvalue weighted by atomic mass is 16.7. The van der Waals surface area contributed by atoms with Crippen LogP contribution in [-0.2, 0) is 52.2 Å². The lowest BCUT2D eigenvalue weighted by molar-refractivity contribution is -0.320. The molecule has 3 saturated heterocycles. The fourth-order valence-electron chi connectivity index (χ4n) is 9.93. The van der Waals surface area contributed by atoms with E-state index >= 15 is 0 Å². The summed E-state index contributed by atoms with van der Waals surface area (Å²) in [5, 5.41) is 11.8. The quantitative estimate of drug-likeness (QED) is 0.293. The highest BCUT2D eigenvalue weighted by molar-refractivity contribution is 5.73. The van der Waals surface area contributed by atoms with Crippen LogP contribution in [0.15, 0.2) is 0 Å². The van der Waals surface area contributed by atoms with Gasteiger partial charge in [-0.25, -0.2) is 0 Å². The largest absolute Gasteiger partial charge is 0.459 e. The van der Waals surface area contributed by atoms with E-state index in [0.29, 0.717) is 32.2 Å². The van der Waals surface area contributed by atoms with Gasteiger partial charge in [-0.05, 0) is 94.8 Å². The van der Waals surface area contributed by atoms with Gasteiger partial charge in [-0.1, -0.05) is 20.8 Å². The first-order valence-corrected chi connectivity index (χ1v) is 20.7. The molecule has 0 radical (unpaired) electrons. The number of esters is 1. The van der Waals surface area contributed by atoms with Crippen molar-refractivity contribution in [1.29, 1.82) is 0 Å². The third-order valence-electron chi connectivity index (χ3n) is 13.6. The molecule has 0 saturated carbocycles. The van der Waals surface area contributed by atoms with Crippen LogP contribution >= 0.6 is 0 Å². The molecule has 18 atom stereocenters. The molecule has 0 aromatic rings. The fourth-order valence-corrected chi connectivity index (χ4v) is 9.93. The van der Waals surface area contributed by atoms with Crippen LogP contribution < -0.4 is 0 Å². The van der Waals surface area contributed by atoms with Gasteiger partial charge in [0.2, 0.25) is 0 Å². The van der Waals surface area contributed by atoms with E-state index in [1.807, 2.05) is 74.4 Å². The average molecular weight is 805 g/mol. The Morgan fingerprint density at radius 3 is 1.95 bits per heavy atom. The molecule has 3 rings (SSSR count). The number of hydrogen-bond donors (Lipinski definition) is 1. The average Bonchev–Trinajstić information content (AvgIpc) is 3.14. The minimum atomic E-state index is -0.981. The first-order valence-electron chi connectivity index (χ1n) is 20.7. The van der Waals surface area contributed by atoms with Crippen LogP contribution in [-0.4, -0.2) is 174 Å². The van der Waals surface area contributed by atoms with Crippen LogP contribution in [0.5, 0.6) is 0 Å². The van der Waals surface area contributed by atoms with Crippen molar-refractivity contribution < 1.29 is 57.3 Å². The van der Waals surface area contributed by atoms with Crippen molar-refractivity contribution in [3.05, 3.63) is 0 Å². The summed E-state index contributed by atoms with van der Waals surface area (Å²) in [6.45, 7) is 20.7. The van der Waals surface area contributed by atoms with E-state index in [1.54, 1.807) is 35.5 Å². The van der Waals surface area contributed by atoms with Gasteiger partial charge in [0.15, 0.2) is 12.6 Å². The van der Waals surface area contributed by atoms with Crippen molar-refractivity contribution in [1.82, 2.24) is 9.80 Å². The SMILES string of the molecule is CC[C@H]1OC(=O)[C@H](C)[C@@H](O[C@H]2C[C@@](C)(OC)[C@@H](OC)[C@@H](C)O2)[C@H](C)[C@@H](O[C@@H]2O[C@H](C)C[C@@H](N(C)C)[C@H]2O)[C@](C)(OC)C[C@@H](C)N(C)C[C@H](C)[C@@H](OC)[C@]1(C)OC. The van der Waals surface area contributed by atoms with Crippen LogP contribution in [0, 0.1) is 17.8 Å². The van der Waals surface area contributed by atoms with Crippen molar-refractivity contribution in [2.24, 2.45) is 17.8 Å². The number of carbonyl (C=O) groups is 1.